The van der Waals surface area contributed by atoms with E-state index in [9.17, 15) is 9.59 Å². The van der Waals surface area contributed by atoms with Crippen LogP contribution in [-0.4, -0.2) is 34.5 Å². The minimum absolute atomic E-state index is 0.167. The molecule has 2 fully saturated rings. The number of Topliss-reactive ketones (excluding diaryl/α,β-unsaturated/α-hetero) is 1. The van der Waals surface area contributed by atoms with Crippen molar-refractivity contribution in [3.8, 4) is 0 Å². The fourth-order valence-electron chi connectivity index (χ4n) is 2.59. The zero-order valence-electron chi connectivity index (χ0n) is 10.4. The van der Waals surface area contributed by atoms with Crippen molar-refractivity contribution in [3.05, 3.63) is 0 Å². The molecular formula is C12H19NO3. The molecule has 1 saturated carbocycles. The molecule has 2 rings (SSSR count). The SMILES string of the molecule is CC(C)(C)OC(=O)N1CC[C@H]2CC(=O)[C@]21C. The van der Waals surface area contributed by atoms with E-state index in [0.29, 0.717) is 18.9 Å². The molecule has 1 aliphatic carbocycles. The van der Waals surface area contributed by atoms with Crippen molar-refractivity contribution < 1.29 is 14.3 Å². The van der Waals surface area contributed by atoms with Crippen LogP contribution in [0.15, 0.2) is 0 Å². The average Bonchev–Trinajstić information content (AvgIpc) is 2.38. The highest BCUT2D eigenvalue weighted by molar-refractivity contribution is 5.98. The predicted molar refractivity (Wildman–Crippen MR) is 59.1 cm³/mol. The zero-order valence-corrected chi connectivity index (χ0v) is 10.4. The van der Waals surface area contributed by atoms with Gasteiger partial charge in [0.25, 0.3) is 0 Å². The second kappa shape index (κ2) is 3.22. The summed E-state index contributed by atoms with van der Waals surface area (Å²) >= 11 is 0. The zero-order chi connectivity index (χ0) is 12.1. The first-order valence-corrected chi connectivity index (χ1v) is 5.79. The van der Waals surface area contributed by atoms with E-state index < -0.39 is 11.1 Å². The predicted octanol–water partition coefficient (Wildman–Crippen LogP) is 1.97. The van der Waals surface area contributed by atoms with Crippen LogP contribution in [0.5, 0.6) is 0 Å². The monoisotopic (exact) mass is 225 g/mol. The van der Waals surface area contributed by atoms with E-state index in [2.05, 4.69) is 0 Å². The van der Waals surface area contributed by atoms with Crippen LogP contribution >= 0.6 is 0 Å². The number of ether oxygens (including phenoxy) is 1. The Labute approximate surface area is 95.9 Å². The third-order valence-electron chi connectivity index (χ3n) is 3.67. The molecule has 2 aliphatic rings. The Morgan fingerprint density at radius 3 is 2.62 bits per heavy atom. The van der Waals surface area contributed by atoms with Crippen molar-refractivity contribution in [2.24, 2.45) is 5.92 Å². The van der Waals surface area contributed by atoms with E-state index in [4.69, 9.17) is 4.74 Å². The highest BCUT2D eigenvalue weighted by Gasteiger charge is 2.60. The molecule has 0 aromatic rings. The largest absolute Gasteiger partial charge is 0.444 e. The Morgan fingerprint density at radius 1 is 1.50 bits per heavy atom. The molecule has 0 spiro atoms. The van der Waals surface area contributed by atoms with Gasteiger partial charge in [-0.05, 0) is 40.0 Å². The standard InChI is InChI=1S/C12H19NO3/c1-11(2,3)16-10(15)13-6-5-8-7-9(14)12(8,13)4/h8H,5-7H2,1-4H3/t8-,12-/m0/s1. The first-order valence-electron chi connectivity index (χ1n) is 5.79. The highest BCUT2D eigenvalue weighted by Crippen LogP contribution is 2.47. The van der Waals surface area contributed by atoms with Gasteiger partial charge in [0, 0.05) is 13.0 Å². The Kier molecular flexibility index (Phi) is 2.30. The number of hydrogen-bond acceptors (Lipinski definition) is 3. The minimum Gasteiger partial charge on any atom is -0.444 e. The van der Waals surface area contributed by atoms with E-state index in [1.165, 1.54) is 0 Å². The van der Waals surface area contributed by atoms with E-state index in [1.54, 1.807) is 4.90 Å². The molecule has 0 unspecified atom stereocenters. The highest BCUT2D eigenvalue weighted by atomic mass is 16.6. The van der Waals surface area contributed by atoms with Crippen molar-refractivity contribution in [3.63, 3.8) is 0 Å². The lowest BCUT2D eigenvalue weighted by Gasteiger charge is -2.45. The van der Waals surface area contributed by atoms with Crippen LogP contribution in [0.3, 0.4) is 0 Å². The van der Waals surface area contributed by atoms with E-state index in [-0.39, 0.29) is 11.9 Å². The van der Waals surface area contributed by atoms with E-state index >= 15 is 0 Å². The number of fused-ring (bicyclic) bond motifs is 1. The molecule has 4 nitrogen and oxygen atoms in total. The number of likely N-dealkylation sites (tertiary alicyclic amines) is 1. The molecule has 0 N–H and O–H groups in total. The molecule has 1 aliphatic heterocycles. The third-order valence-corrected chi connectivity index (χ3v) is 3.67. The molecule has 90 valence electrons. The number of hydrogen-bond donors (Lipinski definition) is 0. The summed E-state index contributed by atoms with van der Waals surface area (Å²) in [5.41, 5.74) is -1.08. The molecule has 0 aromatic carbocycles. The van der Waals surface area contributed by atoms with Crippen molar-refractivity contribution in [1.82, 2.24) is 4.90 Å². The second-order valence-electron chi connectivity index (χ2n) is 5.89. The maximum absolute atomic E-state index is 12.0. The number of carbonyl (C=O) groups is 2. The van der Waals surface area contributed by atoms with Crippen LogP contribution in [-0.2, 0) is 9.53 Å². The molecule has 0 radical (unpaired) electrons. The maximum atomic E-state index is 12.0. The van der Waals surface area contributed by atoms with Gasteiger partial charge in [-0.15, -0.1) is 0 Å². The fourth-order valence-corrected chi connectivity index (χ4v) is 2.59. The van der Waals surface area contributed by atoms with Gasteiger partial charge in [-0.1, -0.05) is 0 Å². The van der Waals surface area contributed by atoms with Crippen molar-refractivity contribution in [2.45, 2.75) is 51.7 Å². The van der Waals surface area contributed by atoms with Crippen LogP contribution in [0.25, 0.3) is 0 Å². The van der Waals surface area contributed by atoms with Crippen LogP contribution in [0.1, 0.15) is 40.5 Å². The first-order chi connectivity index (χ1) is 7.25. The summed E-state index contributed by atoms with van der Waals surface area (Å²) in [6.45, 7) is 8.01. The quantitative estimate of drug-likeness (QED) is 0.633. The first kappa shape index (κ1) is 11.4. The maximum Gasteiger partial charge on any atom is 0.411 e. The Balaban J connectivity index is 2.11. The van der Waals surface area contributed by atoms with Gasteiger partial charge < -0.3 is 4.74 Å². The molecule has 2 atom stereocenters. The normalized spacial score (nSPS) is 33.4. The molecule has 0 aromatic heterocycles. The number of nitrogens with zero attached hydrogens (tertiary/aromatic N) is 1. The van der Waals surface area contributed by atoms with Crippen LogP contribution in [0.2, 0.25) is 0 Å². The van der Waals surface area contributed by atoms with Gasteiger partial charge in [0.2, 0.25) is 0 Å². The molecule has 0 bridgehead atoms. The Bertz CT molecular complexity index is 345. The molecule has 1 heterocycles. The molecule has 1 saturated heterocycles. The van der Waals surface area contributed by atoms with E-state index in [0.717, 1.165) is 6.42 Å². The summed E-state index contributed by atoms with van der Waals surface area (Å²) < 4.78 is 5.32. The van der Waals surface area contributed by atoms with Gasteiger partial charge in [-0.3, -0.25) is 9.69 Å². The summed E-state index contributed by atoms with van der Waals surface area (Å²) in [6, 6.07) is 0. The summed E-state index contributed by atoms with van der Waals surface area (Å²) in [5, 5.41) is 0. The molecular weight excluding hydrogens is 206 g/mol. The second-order valence-corrected chi connectivity index (χ2v) is 5.89. The lowest BCUT2D eigenvalue weighted by molar-refractivity contribution is -0.141. The smallest absolute Gasteiger partial charge is 0.411 e. The van der Waals surface area contributed by atoms with Crippen LogP contribution in [0.4, 0.5) is 4.79 Å². The summed E-state index contributed by atoms with van der Waals surface area (Å²) in [5.74, 6) is 0.508. The average molecular weight is 225 g/mol. The molecule has 4 heteroatoms. The lowest BCUT2D eigenvalue weighted by Crippen LogP contribution is -2.61. The Hall–Kier alpha value is -1.06. The number of rotatable bonds is 0. The summed E-state index contributed by atoms with van der Waals surface area (Å²) in [7, 11) is 0. The number of ketones is 1. The van der Waals surface area contributed by atoms with Crippen molar-refractivity contribution in [2.75, 3.05) is 6.54 Å². The lowest BCUT2D eigenvalue weighted by atomic mass is 9.67. The number of carbonyl (C=O) groups excluding carboxylic acids is 2. The van der Waals surface area contributed by atoms with Gasteiger partial charge in [0.05, 0.1) is 0 Å². The van der Waals surface area contributed by atoms with E-state index in [1.807, 2.05) is 27.7 Å². The minimum atomic E-state index is -0.581. The van der Waals surface area contributed by atoms with Gasteiger partial charge in [0.15, 0.2) is 5.78 Å². The summed E-state index contributed by atoms with van der Waals surface area (Å²) in [4.78, 5) is 25.2. The van der Waals surface area contributed by atoms with Gasteiger partial charge in [-0.2, -0.15) is 0 Å². The van der Waals surface area contributed by atoms with Gasteiger partial charge in [0.1, 0.15) is 11.1 Å². The summed E-state index contributed by atoms with van der Waals surface area (Å²) in [6.07, 6.45) is 1.18. The molecule has 16 heavy (non-hydrogen) atoms. The van der Waals surface area contributed by atoms with Crippen LogP contribution < -0.4 is 0 Å². The Morgan fingerprint density at radius 2 is 2.12 bits per heavy atom. The third kappa shape index (κ3) is 1.51. The van der Waals surface area contributed by atoms with Gasteiger partial charge >= 0.3 is 6.09 Å². The van der Waals surface area contributed by atoms with Crippen molar-refractivity contribution in [1.29, 1.82) is 0 Å². The fraction of sp³-hybridized carbons (Fsp3) is 0.833. The van der Waals surface area contributed by atoms with Crippen molar-refractivity contribution >= 4 is 11.9 Å². The topological polar surface area (TPSA) is 46.6 Å². The van der Waals surface area contributed by atoms with Crippen LogP contribution in [0, 0.1) is 5.92 Å². The number of amides is 1. The van der Waals surface area contributed by atoms with Gasteiger partial charge in [-0.25, -0.2) is 4.79 Å². The molecule has 1 amide bonds.